The van der Waals surface area contributed by atoms with Gasteiger partial charge in [0.2, 0.25) is 0 Å². The molecular formula is C18H18N4O3. The zero-order valence-corrected chi connectivity index (χ0v) is 14.2. The summed E-state index contributed by atoms with van der Waals surface area (Å²) in [6.07, 6.45) is 1.54. The number of carbonyl (C=O) groups excluding carboxylic acids is 1. The first kappa shape index (κ1) is 16.5. The van der Waals surface area contributed by atoms with Crippen molar-refractivity contribution in [2.24, 2.45) is 5.10 Å². The molecule has 0 aliphatic rings. The summed E-state index contributed by atoms with van der Waals surface area (Å²) >= 11 is 0. The molecule has 0 saturated heterocycles. The Hall–Kier alpha value is -3.35. The maximum atomic E-state index is 12.2. The third kappa shape index (κ3) is 3.60. The summed E-state index contributed by atoms with van der Waals surface area (Å²) in [6.45, 7) is 1.87. The molecule has 0 fully saturated rings. The van der Waals surface area contributed by atoms with Gasteiger partial charge in [-0.05, 0) is 48.9 Å². The first-order valence-electron chi connectivity index (χ1n) is 7.62. The molecule has 0 bridgehead atoms. The van der Waals surface area contributed by atoms with Gasteiger partial charge in [0.1, 0.15) is 5.82 Å². The summed E-state index contributed by atoms with van der Waals surface area (Å²) in [4.78, 5) is 19.6. The summed E-state index contributed by atoms with van der Waals surface area (Å²) in [5, 5.41) is 3.99. The number of hydrazone groups is 1. The second-order valence-corrected chi connectivity index (χ2v) is 5.37. The van der Waals surface area contributed by atoms with Crippen LogP contribution in [-0.2, 0) is 0 Å². The summed E-state index contributed by atoms with van der Waals surface area (Å²) in [5.41, 5.74) is 5.42. The van der Waals surface area contributed by atoms with E-state index in [1.165, 1.54) is 0 Å². The van der Waals surface area contributed by atoms with Crippen LogP contribution in [0.25, 0.3) is 11.0 Å². The van der Waals surface area contributed by atoms with Gasteiger partial charge in [-0.1, -0.05) is 0 Å². The number of nitrogens with zero attached hydrogens (tertiary/aromatic N) is 2. The lowest BCUT2D eigenvalue weighted by Crippen LogP contribution is -2.17. The van der Waals surface area contributed by atoms with Crippen LogP contribution in [0.15, 0.2) is 41.5 Å². The fourth-order valence-electron chi connectivity index (χ4n) is 2.44. The number of nitrogens with one attached hydrogen (secondary N) is 2. The molecule has 0 saturated carbocycles. The van der Waals surface area contributed by atoms with Gasteiger partial charge < -0.3 is 14.5 Å². The molecule has 3 aromatic rings. The van der Waals surface area contributed by atoms with E-state index in [4.69, 9.17) is 9.47 Å². The van der Waals surface area contributed by atoms with Gasteiger partial charge in [-0.15, -0.1) is 0 Å². The van der Waals surface area contributed by atoms with Gasteiger partial charge in [0.05, 0.1) is 31.5 Å². The number of carbonyl (C=O) groups is 1. The fourth-order valence-corrected chi connectivity index (χ4v) is 2.44. The van der Waals surface area contributed by atoms with E-state index in [9.17, 15) is 4.79 Å². The lowest BCUT2D eigenvalue weighted by atomic mass is 10.2. The lowest BCUT2D eigenvalue weighted by Gasteiger charge is -2.07. The van der Waals surface area contributed by atoms with Crippen LogP contribution in [0.1, 0.15) is 21.7 Å². The van der Waals surface area contributed by atoms with E-state index in [-0.39, 0.29) is 5.91 Å². The van der Waals surface area contributed by atoms with Gasteiger partial charge in [-0.2, -0.15) is 5.10 Å². The molecule has 25 heavy (non-hydrogen) atoms. The topological polar surface area (TPSA) is 88.6 Å². The third-order valence-corrected chi connectivity index (χ3v) is 3.65. The van der Waals surface area contributed by atoms with Crippen molar-refractivity contribution in [3.63, 3.8) is 0 Å². The van der Waals surface area contributed by atoms with Crippen LogP contribution in [0.4, 0.5) is 0 Å². The smallest absolute Gasteiger partial charge is 0.271 e. The maximum Gasteiger partial charge on any atom is 0.271 e. The molecule has 0 aliphatic carbocycles. The molecule has 2 aromatic carbocycles. The minimum Gasteiger partial charge on any atom is -0.493 e. The highest BCUT2D eigenvalue weighted by atomic mass is 16.5. The Morgan fingerprint density at radius 2 is 1.96 bits per heavy atom. The zero-order chi connectivity index (χ0) is 17.8. The van der Waals surface area contributed by atoms with Crippen molar-refractivity contribution in [2.75, 3.05) is 14.2 Å². The van der Waals surface area contributed by atoms with E-state index >= 15 is 0 Å². The third-order valence-electron chi connectivity index (χ3n) is 3.65. The predicted octanol–water partition coefficient (Wildman–Crippen LogP) is 2.65. The minimum atomic E-state index is -0.300. The number of amides is 1. The van der Waals surface area contributed by atoms with E-state index in [2.05, 4.69) is 20.5 Å². The molecule has 0 atom stereocenters. The molecule has 7 nitrogen and oxygen atoms in total. The number of aromatic amines is 1. The van der Waals surface area contributed by atoms with Crippen LogP contribution in [0, 0.1) is 6.92 Å². The second kappa shape index (κ2) is 7.04. The molecule has 1 amide bonds. The maximum absolute atomic E-state index is 12.2. The number of benzene rings is 2. The number of methoxy groups -OCH3 is 2. The Morgan fingerprint density at radius 3 is 2.72 bits per heavy atom. The molecule has 128 valence electrons. The standard InChI is InChI=1S/C18H18N4O3/c1-11-20-14-6-5-13(9-15(14)21-11)18(23)22-19-10-12-4-7-16(24-2)17(8-12)25-3/h4-10H,1-3H3,(H,20,21)(H,22,23)/b19-10-. The Labute approximate surface area is 144 Å². The van der Waals surface area contributed by atoms with Gasteiger partial charge in [0.25, 0.3) is 5.91 Å². The average molecular weight is 338 g/mol. The number of aryl methyl sites for hydroxylation is 1. The van der Waals surface area contributed by atoms with Crippen LogP contribution in [0.3, 0.4) is 0 Å². The van der Waals surface area contributed by atoms with E-state index in [0.717, 1.165) is 22.4 Å². The van der Waals surface area contributed by atoms with E-state index in [1.807, 2.05) is 13.0 Å². The van der Waals surface area contributed by atoms with E-state index in [0.29, 0.717) is 17.1 Å². The second-order valence-electron chi connectivity index (χ2n) is 5.37. The molecule has 0 spiro atoms. The molecule has 7 heteroatoms. The van der Waals surface area contributed by atoms with Crippen molar-refractivity contribution in [2.45, 2.75) is 6.92 Å². The SMILES string of the molecule is COc1ccc(/C=N\NC(=O)c2ccc3nc(C)[nH]c3c2)cc1OC. The molecular weight excluding hydrogens is 320 g/mol. The number of fused-ring (bicyclic) bond motifs is 1. The van der Waals surface area contributed by atoms with Crippen molar-refractivity contribution in [3.05, 3.63) is 53.3 Å². The molecule has 1 heterocycles. The van der Waals surface area contributed by atoms with Crippen molar-refractivity contribution in [3.8, 4) is 11.5 Å². The summed E-state index contributed by atoms with van der Waals surface area (Å²) in [7, 11) is 3.14. The van der Waals surface area contributed by atoms with Crippen molar-refractivity contribution in [1.29, 1.82) is 0 Å². The molecule has 3 rings (SSSR count). The van der Waals surface area contributed by atoms with Crippen LogP contribution >= 0.6 is 0 Å². The lowest BCUT2D eigenvalue weighted by molar-refractivity contribution is 0.0955. The van der Waals surface area contributed by atoms with Gasteiger partial charge in [-0.3, -0.25) is 4.79 Å². The number of H-pyrrole nitrogens is 1. The van der Waals surface area contributed by atoms with Crippen LogP contribution in [0.5, 0.6) is 11.5 Å². The van der Waals surface area contributed by atoms with Crippen molar-refractivity contribution < 1.29 is 14.3 Å². The largest absolute Gasteiger partial charge is 0.493 e. The predicted molar refractivity (Wildman–Crippen MR) is 95.4 cm³/mol. The van der Waals surface area contributed by atoms with Crippen molar-refractivity contribution in [1.82, 2.24) is 15.4 Å². The Balaban J connectivity index is 1.71. The molecule has 0 unspecified atom stereocenters. The van der Waals surface area contributed by atoms with E-state index in [1.54, 1.807) is 50.8 Å². The summed E-state index contributed by atoms with van der Waals surface area (Å²) in [6, 6.07) is 10.6. The number of rotatable bonds is 5. The van der Waals surface area contributed by atoms with Gasteiger partial charge in [0, 0.05) is 5.56 Å². The first-order valence-corrected chi connectivity index (χ1v) is 7.62. The number of hydrogen-bond acceptors (Lipinski definition) is 5. The first-order chi connectivity index (χ1) is 12.1. The summed E-state index contributed by atoms with van der Waals surface area (Å²) < 4.78 is 10.4. The minimum absolute atomic E-state index is 0.300. The molecule has 2 N–H and O–H groups in total. The van der Waals surface area contributed by atoms with Crippen LogP contribution < -0.4 is 14.9 Å². The Bertz CT molecular complexity index is 947. The quantitative estimate of drug-likeness (QED) is 0.553. The number of aromatic nitrogens is 2. The monoisotopic (exact) mass is 338 g/mol. The average Bonchev–Trinajstić information content (AvgIpc) is 3.00. The van der Waals surface area contributed by atoms with Gasteiger partial charge >= 0.3 is 0 Å². The Kier molecular flexibility index (Phi) is 4.65. The van der Waals surface area contributed by atoms with E-state index < -0.39 is 0 Å². The number of imidazole rings is 1. The molecule has 0 radical (unpaired) electrons. The fraction of sp³-hybridized carbons (Fsp3) is 0.167. The molecule has 1 aromatic heterocycles. The van der Waals surface area contributed by atoms with Gasteiger partial charge in [0.15, 0.2) is 11.5 Å². The Morgan fingerprint density at radius 1 is 1.16 bits per heavy atom. The van der Waals surface area contributed by atoms with Crippen molar-refractivity contribution >= 4 is 23.2 Å². The van der Waals surface area contributed by atoms with Crippen LogP contribution in [-0.4, -0.2) is 36.3 Å². The molecule has 0 aliphatic heterocycles. The highest BCUT2D eigenvalue weighted by molar-refractivity contribution is 5.97. The zero-order valence-electron chi connectivity index (χ0n) is 14.2. The number of ether oxygens (including phenoxy) is 2. The van der Waals surface area contributed by atoms with Crippen LogP contribution in [0.2, 0.25) is 0 Å². The van der Waals surface area contributed by atoms with Gasteiger partial charge in [-0.25, -0.2) is 10.4 Å². The number of hydrogen-bond donors (Lipinski definition) is 2. The highest BCUT2D eigenvalue weighted by Gasteiger charge is 2.07. The highest BCUT2D eigenvalue weighted by Crippen LogP contribution is 2.26. The normalized spacial score (nSPS) is 11.0. The summed E-state index contributed by atoms with van der Waals surface area (Å²) in [5.74, 6) is 1.73.